The van der Waals surface area contributed by atoms with E-state index in [2.05, 4.69) is 6.07 Å². The molecule has 0 aliphatic carbocycles. The SMILES string of the molecule is N#C[C@H](Cc1ccccc1[NH+]([O-])O)c1ccccc1[NH+]([O-])O. The molecule has 0 bridgehead atoms. The van der Waals surface area contributed by atoms with Gasteiger partial charge in [-0.2, -0.15) is 15.7 Å². The maximum atomic E-state index is 11.3. The summed E-state index contributed by atoms with van der Waals surface area (Å²) in [5.74, 6) is -0.729. The zero-order valence-electron chi connectivity index (χ0n) is 11.6. The van der Waals surface area contributed by atoms with Crippen molar-refractivity contribution in [3.63, 3.8) is 0 Å². The van der Waals surface area contributed by atoms with Gasteiger partial charge in [0.05, 0.1) is 12.0 Å². The molecule has 7 nitrogen and oxygen atoms in total. The number of benzene rings is 2. The number of rotatable bonds is 5. The third-order valence-corrected chi connectivity index (χ3v) is 3.39. The van der Waals surface area contributed by atoms with Crippen molar-refractivity contribution in [3.05, 3.63) is 70.1 Å². The van der Waals surface area contributed by atoms with Gasteiger partial charge < -0.3 is 10.4 Å². The largest absolute Gasteiger partial charge is 0.595 e. The van der Waals surface area contributed by atoms with Crippen molar-refractivity contribution in [1.29, 1.82) is 5.26 Å². The minimum Gasteiger partial charge on any atom is -0.595 e. The Morgan fingerprint density at radius 2 is 1.50 bits per heavy atom. The van der Waals surface area contributed by atoms with E-state index in [-0.39, 0.29) is 17.8 Å². The Labute approximate surface area is 126 Å². The van der Waals surface area contributed by atoms with Crippen molar-refractivity contribution < 1.29 is 20.9 Å². The molecular weight excluding hydrogens is 286 g/mol. The summed E-state index contributed by atoms with van der Waals surface area (Å²) in [6.07, 6.45) is 0.142. The van der Waals surface area contributed by atoms with Crippen LogP contribution in [0.5, 0.6) is 0 Å². The lowest BCUT2D eigenvalue weighted by Gasteiger charge is -2.20. The number of quaternary nitrogens is 2. The van der Waals surface area contributed by atoms with Crippen LogP contribution in [0.4, 0.5) is 11.4 Å². The standard InChI is InChI=1S/C15H15N3O4/c16-10-12(13-6-2-4-8-15(13)18(21)22)9-11-5-1-3-7-14(11)17(19)20/h1-8,12,17-19,21H,9H2/t12-/m0/s1. The Kier molecular flexibility index (Phi) is 5.19. The average Bonchev–Trinajstić information content (AvgIpc) is 2.52. The van der Waals surface area contributed by atoms with Gasteiger partial charge in [0.25, 0.3) is 0 Å². The zero-order valence-corrected chi connectivity index (χ0v) is 11.6. The number of hydrogen-bond acceptors (Lipinski definition) is 5. The summed E-state index contributed by atoms with van der Waals surface area (Å²) < 4.78 is 0. The van der Waals surface area contributed by atoms with E-state index in [1.54, 1.807) is 36.4 Å². The quantitative estimate of drug-likeness (QED) is 0.594. The van der Waals surface area contributed by atoms with E-state index in [0.717, 1.165) is 0 Å². The fraction of sp³-hybridized carbons (Fsp3) is 0.133. The van der Waals surface area contributed by atoms with Crippen LogP contribution in [0, 0.1) is 21.7 Å². The molecule has 114 valence electrons. The van der Waals surface area contributed by atoms with Crippen molar-refractivity contribution in [2.45, 2.75) is 12.3 Å². The van der Waals surface area contributed by atoms with Crippen molar-refractivity contribution in [2.24, 2.45) is 0 Å². The molecule has 0 aliphatic heterocycles. The molecular formula is C15H15N3O4. The molecule has 0 saturated carbocycles. The van der Waals surface area contributed by atoms with Gasteiger partial charge in [-0.25, -0.2) is 10.4 Å². The van der Waals surface area contributed by atoms with Crippen LogP contribution in [0.15, 0.2) is 48.5 Å². The van der Waals surface area contributed by atoms with Gasteiger partial charge in [0.1, 0.15) is 0 Å². The fourth-order valence-electron chi connectivity index (χ4n) is 2.35. The van der Waals surface area contributed by atoms with E-state index in [9.17, 15) is 26.1 Å². The number of nitrogens with zero attached hydrogens (tertiary/aromatic N) is 1. The van der Waals surface area contributed by atoms with Gasteiger partial charge in [-0.1, -0.05) is 36.4 Å². The van der Waals surface area contributed by atoms with Crippen LogP contribution in [0.25, 0.3) is 0 Å². The van der Waals surface area contributed by atoms with Crippen LogP contribution < -0.4 is 10.5 Å². The number of nitrogens with one attached hydrogen (secondary N) is 2. The predicted octanol–water partition coefficient (Wildman–Crippen LogP) is 0.343. The van der Waals surface area contributed by atoms with Crippen LogP contribution in [-0.2, 0) is 6.42 Å². The molecule has 2 unspecified atom stereocenters. The Morgan fingerprint density at radius 3 is 2.09 bits per heavy atom. The molecule has 0 saturated heterocycles. The van der Waals surface area contributed by atoms with Crippen LogP contribution in [0.3, 0.4) is 0 Å². The minimum absolute atomic E-state index is 0.0573. The fourth-order valence-corrected chi connectivity index (χ4v) is 2.35. The van der Waals surface area contributed by atoms with Gasteiger partial charge in [0.15, 0.2) is 11.4 Å². The molecule has 7 heteroatoms. The van der Waals surface area contributed by atoms with Gasteiger partial charge in [0, 0.05) is 23.3 Å². The van der Waals surface area contributed by atoms with Crippen molar-refractivity contribution in [2.75, 3.05) is 0 Å². The number of nitriles is 1. The summed E-state index contributed by atoms with van der Waals surface area (Å²) >= 11 is 0. The second-order valence-corrected chi connectivity index (χ2v) is 4.74. The van der Waals surface area contributed by atoms with Gasteiger partial charge in [-0.15, -0.1) is 0 Å². The van der Waals surface area contributed by atoms with E-state index >= 15 is 0 Å². The minimum atomic E-state index is -1.11. The molecule has 0 heterocycles. The van der Waals surface area contributed by atoms with Crippen LogP contribution >= 0.6 is 0 Å². The topological polar surface area (TPSA) is 119 Å². The van der Waals surface area contributed by atoms with Crippen LogP contribution in [0.1, 0.15) is 17.0 Å². The molecule has 0 aromatic heterocycles. The van der Waals surface area contributed by atoms with Gasteiger partial charge in [-0.3, -0.25) is 0 Å². The molecule has 4 N–H and O–H groups in total. The van der Waals surface area contributed by atoms with Crippen molar-refractivity contribution in [3.8, 4) is 6.07 Å². The van der Waals surface area contributed by atoms with E-state index in [0.29, 0.717) is 11.1 Å². The van der Waals surface area contributed by atoms with E-state index in [4.69, 9.17) is 0 Å². The first-order chi connectivity index (χ1) is 10.5. The Hall–Kier alpha value is -2.31. The van der Waals surface area contributed by atoms with Gasteiger partial charge >= 0.3 is 0 Å². The number of hydrogen-bond donors (Lipinski definition) is 4. The molecule has 0 aliphatic rings. The molecule has 22 heavy (non-hydrogen) atoms. The van der Waals surface area contributed by atoms with Gasteiger partial charge in [0.2, 0.25) is 0 Å². The molecule has 2 aromatic rings. The summed E-state index contributed by atoms with van der Waals surface area (Å²) in [5, 5.41) is 48.1. The Bertz CT molecular complexity index is 682. The third kappa shape index (κ3) is 3.47. The van der Waals surface area contributed by atoms with E-state index < -0.39 is 16.4 Å². The first kappa shape index (κ1) is 16.1. The smallest absolute Gasteiger partial charge is 0.168 e. The Morgan fingerprint density at radius 1 is 0.955 bits per heavy atom. The Balaban J connectivity index is 2.38. The highest BCUT2D eigenvalue weighted by molar-refractivity contribution is 5.47. The molecule has 0 fully saturated rings. The maximum Gasteiger partial charge on any atom is 0.168 e. The van der Waals surface area contributed by atoms with Crippen LogP contribution in [0.2, 0.25) is 0 Å². The van der Waals surface area contributed by atoms with Crippen molar-refractivity contribution in [1.82, 2.24) is 0 Å². The second-order valence-electron chi connectivity index (χ2n) is 4.74. The molecule has 3 atom stereocenters. The summed E-state index contributed by atoms with van der Waals surface area (Å²) in [5.41, 5.74) is 1.07. The monoisotopic (exact) mass is 301 g/mol. The molecule has 2 rings (SSSR count). The first-order valence-electron chi connectivity index (χ1n) is 6.57. The lowest BCUT2D eigenvalue weighted by atomic mass is 9.91. The average molecular weight is 301 g/mol. The third-order valence-electron chi connectivity index (χ3n) is 3.39. The number of para-hydroxylation sites is 2. The van der Waals surface area contributed by atoms with E-state index in [1.807, 2.05) is 0 Å². The normalized spacial score (nSPS) is 14.9. The summed E-state index contributed by atoms with van der Waals surface area (Å²) in [4.78, 5) is 0. The summed E-state index contributed by atoms with van der Waals surface area (Å²) in [6.45, 7) is 0. The molecule has 0 radical (unpaired) electrons. The van der Waals surface area contributed by atoms with Gasteiger partial charge in [-0.05, 0) is 6.42 Å². The molecule has 2 aromatic carbocycles. The highest BCUT2D eigenvalue weighted by atomic mass is 16.8. The lowest BCUT2D eigenvalue weighted by molar-refractivity contribution is -0.991. The van der Waals surface area contributed by atoms with Crippen LogP contribution in [-0.4, -0.2) is 10.4 Å². The maximum absolute atomic E-state index is 11.3. The lowest BCUT2D eigenvalue weighted by Crippen LogP contribution is -2.99. The second kappa shape index (κ2) is 7.11. The summed E-state index contributed by atoms with van der Waals surface area (Å²) in [6, 6.07) is 14.8. The highest BCUT2D eigenvalue weighted by Gasteiger charge is 2.21. The summed E-state index contributed by atoms with van der Waals surface area (Å²) in [7, 11) is 0. The highest BCUT2D eigenvalue weighted by Crippen LogP contribution is 2.26. The molecule has 0 spiro atoms. The first-order valence-corrected chi connectivity index (χ1v) is 6.57. The predicted molar refractivity (Wildman–Crippen MR) is 76.5 cm³/mol. The molecule has 0 amide bonds. The van der Waals surface area contributed by atoms with Crippen molar-refractivity contribution >= 4 is 11.4 Å². The van der Waals surface area contributed by atoms with E-state index in [1.165, 1.54) is 12.1 Å². The zero-order chi connectivity index (χ0) is 16.1.